The Morgan fingerprint density at radius 1 is 1.23 bits per heavy atom. The summed E-state index contributed by atoms with van der Waals surface area (Å²) >= 11 is 0. The zero-order chi connectivity index (χ0) is 18.3. The highest BCUT2D eigenvalue weighted by atomic mass is 16.6. The number of nitro groups is 1. The number of anilines is 1. The molecule has 0 aromatic heterocycles. The molecule has 4 rings (SSSR count). The number of allylic oxidation sites excluding steroid dienone is 2. The van der Waals surface area contributed by atoms with Crippen LogP contribution < -0.4 is 5.32 Å². The largest absolute Gasteiger partial charge is 0.465 e. The molecular formula is C20H18N2O4. The van der Waals surface area contributed by atoms with E-state index in [2.05, 4.69) is 17.5 Å². The summed E-state index contributed by atoms with van der Waals surface area (Å²) < 4.78 is 4.75. The van der Waals surface area contributed by atoms with Gasteiger partial charge in [-0.3, -0.25) is 10.1 Å². The summed E-state index contributed by atoms with van der Waals surface area (Å²) in [5.74, 6) is 0.0798. The van der Waals surface area contributed by atoms with Crippen molar-refractivity contribution in [2.45, 2.75) is 18.4 Å². The highest BCUT2D eigenvalue weighted by molar-refractivity contribution is 5.89. The van der Waals surface area contributed by atoms with Crippen LogP contribution in [0.25, 0.3) is 0 Å². The van der Waals surface area contributed by atoms with Crippen LogP contribution >= 0.6 is 0 Å². The molecule has 2 aliphatic rings. The lowest BCUT2D eigenvalue weighted by Gasteiger charge is -2.37. The van der Waals surface area contributed by atoms with Crippen molar-refractivity contribution < 1.29 is 14.5 Å². The molecule has 1 aliphatic heterocycles. The van der Waals surface area contributed by atoms with Crippen molar-refractivity contribution in [2.75, 3.05) is 12.4 Å². The lowest BCUT2D eigenvalue weighted by atomic mass is 9.77. The van der Waals surface area contributed by atoms with Crippen LogP contribution in [0.3, 0.4) is 0 Å². The number of carbonyl (C=O) groups is 1. The fourth-order valence-corrected chi connectivity index (χ4v) is 3.97. The van der Waals surface area contributed by atoms with E-state index in [9.17, 15) is 14.9 Å². The predicted octanol–water partition coefficient (Wildman–Crippen LogP) is 4.21. The van der Waals surface area contributed by atoms with Crippen molar-refractivity contribution in [3.8, 4) is 0 Å². The standard InChI is InChI=1S/C20H18N2O4/c1-26-20(23)13-7-5-12(6-8-13)19-16-4-2-3-15(16)17-11-14(22(24)25)9-10-18(17)21-19/h2-3,5-11,15-16,19,21H,4H2,1H3/t15-,16-,19+/m0/s1. The number of nitro benzene ring substituents is 1. The average molecular weight is 350 g/mol. The highest BCUT2D eigenvalue weighted by Crippen LogP contribution is 2.50. The van der Waals surface area contributed by atoms with E-state index in [4.69, 9.17) is 4.74 Å². The van der Waals surface area contributed by atoms with Crippen LogP contribution in [0.4, 0.5) is 11.4 Å². The minimum atomic E-state index is -0.356. The number of carbonyl (C=O) groups excluding carboxylic acids is 1. The number of nitrogens with zero attached hydrogens (tertiary/aromatic N) is 1. The van der Waals surface area contributed by atoms with Crippen molar-refractivity contribution in [3.63, 3.8) is 0 Å². The topological polar surface area (TPSA) is 81.5 Å². The molecule has 0 bridgehead atoms. The van der Waals surface area contributed by atoms with E-state index in [0.29, 0.717) is 5.56 Å². The summed E-state index contributed by atoms with van der Waals surface area (Å²) in [7, 11) is 1.36. The average Bonchev–Trinajstić information content (AvgIpc) is 3.16. The second-order valence-electron chi connectivity index (χ2n) is 6.62. The molecule has 0 spiro atoms. The Hall–Kier alpha value is -3.15. The zero-order valence-corrected chi connectivity index (χ0v) is 14.2. The van der Waals surface area contributed by atoms with Crippen molar-refractivity contribution in [2.24, 2.45) is 5.92 Å². The van der Waals surface area contributed by atoms with Crippen LogP contribution in [0.1, 0.15) is 39.9 Å². The van der Waals surface area contributed by atoms with E-state index >= 15 is 0 Å². The molecule has 3 atom stereocenters. The number of esters is 1. The summed E-state index contributed by atoms with van der Waals surface area (Å²) in [5, 5.41) is 14.6. The van der Waals surface area contributed by atoms with Gasteiger partial charge >= 0.3 is 5.97 Å². The third kappa shape index (κ3) is 2.63. The minimum Gasteiger partial charge on any atom is -0.465 e. The highest BCUT2D eigenvalue weighted by Gasteiger charge is 2.38. The fourth-order valence-electron chi connectivity index (χ4n) is 3.97. The van der Waals surface area contributed by atoms with Gasteiger partial charge < -0.3 is 10.1 Å². The minimum absolute atomic E-state index is 0.0793. The smallest absolute Gasteiger partial charge is 0.337 e. The van der Waals surface area contributed by atoms with Crippen LogP contribution in [0, 0.1) is 16.0 Å². The molecule has 6 nitrogen and oxygen atoms in total. The number of fused-ring (bicyclic) bond motifs is 3. The van der Waals surface area contributed by atoms with Crippen LogP contribution in [0.15, 0.2) is 54.6 Å². The maximum atomic E-state index is 11.6. The molecular weight excluding hydrogens is 332 g/mol. The summed E-state index contributed by atoms with van der Waals surface area (Å²) in [4.78, 5) is 22.4. The molecule has 2 aromatic rings. The van der Waals surface area contributed by atoms with Gasteiger partial charge in [0.1, 0.15) is 0 Å². The van der Waals surface area contributed by atoms with Crippen LogP contribution in [0.2, 0.25) is 0 Å². The number of hydrogen-bond acceptors (Lipinski definition) is 5. The van der Waals surface area contributed by atoms with Gasteiger partial charge in [-0.1, -0.05) is 24.3 Å². The van der Waals surface area contributed by atoms with Gasteiger partial charge in [-0.15, -0.1) is 0 Å². The Bertz CT molecular complexity index is 905. The summed E-state index contributed by atoms with van der Waals surface area (Å²) in [6, 6.07) is 12.5. The maximum absolute atomic E-state index is 11.6. The second-order valence-corrected chi connectivity index (χ2v) is 6.62. The normalized spacial score (nSPS) is 22.9. The molecule has 1 heterocycles. The molecule has 0 saturated heterocycles. The number of benzene rings is 2. The monoisotopic (exact) mass is 350 g/mol. The van der Waals surface area contributed by atoms with Crippen molar-refractivity contribution in [1.29, 1.82) is 0 Å². The van der Waals surface area contributed by atoms with E-state index < -0.39 is 0 Å². The van der Waals surface area contributed by atoms with E-state index in [1.54, 1.807) is 24.3 Å². The first kappa shape index (κ1) is 16.3. The van der Waals surface area contributed by atoms with Gasteiger partial charge in [0.25, 0.3) is 5.69 Å². The Balaban J connectivity index is 1.69. The number of hydrogen-bond donors (Lipinski definition) is 1. The first-order valence-electron chi connectivity index (χ1n) is 8.48. The van der Waals surface area contributed by atoms with Crippen molar-refractivity contribution in [1.82, 2.24) is 0 Å². The zero-order valence-electron chi connectivity index (χ0n) is 14.2. The fraction of sp³-hybridized carbons (Fsp3) is 0.250. The molecule has 0 unspecified atom stereocenters. The van der Waals surface area contributed by atoms with Gasteiger partial charge in [-0.25, -0.2) is 4.79 Å². The SMILES string of the molecule is COC(=O)c1ccc([C@H]2Nc3ccc([N+](=O)[O-])cc3[C@H]3C=CC[C@@H]32)cc1. The van der Waals surface area contributed by atoms with E-state index in [1.165, 1.54) is 13.2 Å². The van der Waals surface area contributed by atoms with Crippen LogP contribution in [-0.4, -0.2) is 18.0 Å². The number of ether oxygens (including phenoxy) is 1. The van der Waals surface area contributed by atoms with Gasteiger partial charge in [-0.2, -0.15) is 0 Å². The molecule has 6 heteroatoms. The molecule has 0 amide bonds. The third-order valence-electron chi connectivity index (χ3n) is 5.25. The summed E-state index contributed by atoms with van der Waals surface area (Å²) in [6.45, 7) is 0. The Morgan fingerprint density at radius 3 is 2.69 bits per heavy atom. The Labute approximate surface area is 150 Å². The first-order chi connectivity index (χ1) is 12.6. The van der Waals surface area contributed by atoms with Gasteiger partial charge in [-0.05, 0) is 41.7 Å². The van der Waals surface area contributed by atoms with E-state index in [0.717, 1.165) is 23.2 Å². The van der Waals surface area contributed by atoms with Crippen LogP contribution in [-0.2, 0) is 4.74 Å². The van der Waals surface area contributed by atoms with Gasteiger partial charge in [0.05, 0.1) is 23.6 Å². The van der Waals surface area contributed by atoms with Crippen molar-refractivity contribution in [3.05, 3.63) is 81.4 Å². The van der Waals surface area contributed by atoms with E-state index in [-0.39, 0.29) is 34.5 Å². The Morgan fingerprint density at radius 2 is 2.00 bits per heavy atom. The first-order valence-corrected chi connectivity index (χ1v) is 8.48. The number of rotatable bonds is 3. The summed E-state index contributed by atoms with van der Waals surface area (Å²) in [5.41, 5.74) is 3.61. The molecule has 26 heavy (non-hydrogen) atoms. The molecule has 132 valence electrons. The van der Waals surface area contributed by atoms with Gasteiger partial charge in [0.15, 0.2) is 0 Å². The lowest BCUT2D eigenvalue weighted by molar-refractivity contribution is -0.384. The summed E-state index contributed by atoms with van der Waals surface area (Å²) in [6.07, 6.45) is 5.19. The number of non-ortho nitro benzene ring substituents is 1. The molecule has 0 radical (unpaired) electrons. The number of nitrogens with one attached hydrogen (secondary N) is 1. The molecule has 2 aromatic carbocycles. The third-order valence-corrected chi connectivity index (χ3v) is 5.25. The van der Waals surface area contributed by atoms with E-state index in [1.807, 2.05) is 12.1 Å². The van der Waals surface area contributed by atoms with Gasteiger partial charge in [0, 0.05) is 23.7 Å². The second kappa shape index (κ2) is 6.29. The van der Waals surface area contributed by atoms with Crippen molar-refractivity contribution >= 4 is 17.3 Å². The van der Waals surface area contributed by atoms with Gasteiger partial charge in [0.2, 0.25) is 0 Å². The van der Waals surface area contributed by atoms with Crippen LogP contribution in [0.5, 0.6) is 0 Å². The lowest BCUT2D eigenvalue weighted by Crippen LogP contribution is -2.29. The molecule has 0 fully saturated rings. The quantitative estimate of drug-likeness (QED) is 0.388. The molecule has 1 N–H and O–H groups in total. The molecule has 1 aliphatic carbocycles. The maximum Gasteiger partial charge on any atom is 0.337 e. The Kier molecular flexibility index (Phi) is 3.95. The predicted molar refractivity (Wildman–Crippen MR) is 97.2 cm³/mol. The molecule has 0 saturated carbocycles. The number of methoxy groups -OCH3 is 1.